The van der Waals surface area contributed by atoms with Gasteiger partial charge in [-0.05, 0) is 82.1 Å². The van der Waals surface area contributed by atoms with Gasteiger partial charge in [-0.3, -0.25) is 4.79 Å². The summed E-state index contributed by atoms with van der Waals surface area (Å²) >= 11 is 0. The van der Waals surface area contributed by atoms with Gasteiger partial charge in [-0.25, -0.2) is 14.5 Å². The maximum Gasteiger partial charge on any atom is 0.338 e. The number of carbonyl (C=O) groups excluding carboxylic acids is 3. The van der Waals surface area contributed by atoms with E-state index in [4.69, 9.17) is 14.2 Å². The van der Waals surface area contributed by atoms with E-state index in [1.807, 2.05) is 13.8 Å². The van der Waals surface area contributed by atoms with E-state index in [0.717, 1.165) is 4.90 Å². The van der Waals surface area contributed by atoms with Gasteiger partial charge in [0.2, 0.25) is 5.91 Å². The van der Waals surface area contributed by atoms with Crippen molar-refractivity contribution < 1.29 is 28.6 Å². The fourth-order valence-electron chi connectivity index (χ4n) is 3.89. The molecule has 0 spiro atoms. The molecule has 0 radical (unpaired) electrons. The predicted octanol–water partition coefficient (Wildman–Crippen LogP) is 5.24. The topological polar surface area (TPSA) is 94.2 Å². The highest BCUT2D eigenvalue weighted by Gasteiger charge is 2.62. The van der Waals surface area contributed by atoms with Crippen molar-refractivity contribution in [1.82, 2.24) is 4.90 Å². The summed E-state index contributed by atoms with van der Waals surface area (Å²) in [7, 11) is 1.56. The second-order valence-electron chi connectivity index (χ2n) is 9.19. The fraction of sp³-hybridized carbons (Fsp3) is 0.423. The summed E-state index contributed by atoms with van der Waals surface area (Å²) in [5.74, 6) is 0.386. The first-order valence-corrected chi connectivity index (χ1v) is 11.3. The number of amides is 3. The first-order chi connectivity index (χ1) is 16.0. The monoisotopic (exact) mass is 468 g/mol. The molecule has 0 aliphatic carbocycles. The molecule has 34 heavy (non-hydrogen) atoms. The van der Waals surface area contributed by atoms with E-state index in [9.17, 15) is 14.4 Å². The predicted molar refractivity (Wildman–Crippen MR) is 128 cm³/mol. The Labute approximate surface area is 200 Å². The van der Waals surface area contributed by atoms with Crippen molar-refractivity contribution in [1.29, 1.82) is 0 Å². The lowest BCUT2D eigenvalue weighted by molar-refractivity contribution is -0.190. The third kappa shape index (κ3) is 5.00. The van der Waals surface area contributed by atoms with Crippen LogP contribution in [-0.4, -0.2) is 41.7 Å². The molecule has 0 aromatic heterocycles. The van der Waals surface area contributed by atoms with Gasteiger partial charge < -0.3 is 19.5 Å². The first-order valence-electron chi connectivity index (χ1n) is 11.3. The molecule has 0 saturated carbocycles. The van der Waals surface area contributed by atoms with Crippen LogP contribution in [0.2, 0.25) is 0 Å². The van der Waals surface area contributed by atoms with Gasteiger partial charge in [0.1, 0.15) is 22.5 Å². The summed E-state index contributed by atoms with van der Waals surface area (Å²) in [6.45, 7) is 9.22. The number of esters is 1. The molecule has 3 amide bonds. The second-order valence-corrected chi connectivity index (χ2v) is 9.19. The van der Waals surface area contributed by atoms with E-state index >= 15 is 0 Å². The Morgan fingerprint density at radius 2 is 1.53 bits per heavy atom. The molecule has 1 unspecified atom stereocenters. The van der Waals surface area contributed by atoms with Crippen molar-refractivity contribution in [2.75, 3.05) is 12.4 Å². The molecule has 182 valence electrons. The minimum atomic E-state index is -0.804. The minimum absolute atomic E-state index is 0.279. The fourth-order valence-corrected chi connectivity index (χ4v) is 3.89. The van der Waals surface area contributed by atoms with Gasteiger partial charge in [0, 0.05) is 5.69 Å². The number of benzene rings is 2. The molecule has 1 atom stereocenters. The number of anilines is 1. The van der Waals surface area contributed by atoms with Gasteiger partial charge in [0.15, 0.2) is 6.23 Å². The molecule has 0 bridgehead atoms. The molecule has 8 heteroatoms. The zero-order valence-corrected chi connectivity index (χ0v) is 20.5. The molecule has 1 fully saturated rings. The molecule has 1 aliphatic heterocycles. The third-order valence-electron chi connectivity index (χ3n) is 5.91. The molecule has 1 heterocycles. The molecular formula is C26H32N2O6. The van der Waals surface area contributed by atoms with Gasteiger partial charge in [-0.2, -0.15) is 0 Å². The smallest absolute Gasteiger partial charge is 0.338 e. The number of ether oxygens (including phenoxy) is 3. The van der Waals surface area contributed by atoms with Crippen LogP contribution in [0.25, 0.3) is 0 Å². The second kappa shape index (κ2) is 9.75. The van der Waals surface area contributed by atoms with Crippen LogP contribution in [0.1, 0.15) is 57.8 Å². The Kier molecular flexibility index (Phi) is 7.19. The lowest BCUT2D eigenvalue weighted by Gasteiger charge is -2.53. The van der Waals surface area contributed by atoms with E-state index in [0.29, 0.717) is 35.6 Å². The zero-order chi connectivity index (χ0) is 25.1. The molecule has 1 aliphatic rings. The quantitative estimate of drug-likeness (QED) is 0.441. The van der Waals surface area contributed by atoms with Gasteiger partial charge in [0.25, 0.3) is 0 Å². The summed E-state index contributed by atoms with van der Waals surface area (Å²) in [5, 5.41) is 2.74. The van der Waals surface area contributed by atoms with Crippen molar-refractivity contribution in [3.8, 4) is 11.5 Å². The van der Waals surface area contributed by atoms with Crippen molar-refractivity contribution in [2.45, 2.75) is 59.3 Å². The average molecular weight is 469 g/mol. The summed E-state index contributed by atoms with van der Waals surface area (Å²) in [4.78, 5) is 39.4. The number of β-lactam (4-membered cyclic amide) rings is 1. The number of imide groups is 1. The van der Waals surface area contributed by atoms with E-state index in [-0.39, 0.29) is 5.91 Å². The van der Waals surface area contributed by atoms with Gasteiger partial charge in [0.05, 0.1) is 12.7 Å². The van der Waals surface area contributed by atoms with E-state index in [1.54, 1.807) is 76.4 Å². The largest absolute Gasteiger partial charge is 0.497 e. The zero-order valence-electron chi connectivity index (χ0n) is 20.5. The average Bonchev–Trinajstić information content (AvgIpc) is 2.79. The molecular weight excluding hydrogens is 436 g/mol. The van der Waals surface area contributed by atoms with E-state index in [2.05, 4.69) is 5.32 Å². The molecule has 2 aromatic rings. The number of methoxy groups -OCH3 is 1. The maximum atomic E-state index is 13.1. The Morgan fingerprint density at radius 3 is 2.03 bits per heavy atom. The number of hydrogen-bond donors (Lipinski definition) is 1. The summed E-state index contributed by atoms with van der Waals surface area (Å²) in [6.07, 6.45) is 0.269. The van der Waals surface area contributed by atoms with Crippen molar-refractivity contribution in [3.63, 3.8) is 0 Å². The van der Waals surface area contributed by atoms with Crippen molar-refractivity contribution >= 4 is 23.6 Å². The molecule has 8 nitrogen and oxygen atoms in total. The van der Waals surface area contributed by atoms with Gasteiger partial charge in [-0.1, -0.05) is 13.8 Å². The number of likely N-dealkylation sites (tertiary alicyclic amines) is 1. The Bertz CT molecular complexity index is 1040. The minimum Gasteiger partial charge on any atom is -0.497 e. The molecule has 1 N–H and O–H groups in total. The number of urea groups is 1. The van der Waals surface area contributed by atoms with Crippen LogP contribution in [0.5, 0.6) is 11.5 Å². The van der Waals surface area contributed by atoms with E-state index < -0.39 is 29.2 Å². The highest BCUT2D eigenvalue weighted by molar-refractivity contribution is 6.07. The molecule has 2 aromatic carbocycles. The number of nitrogens with zero attached hydrogens (tertiary/aromatic N) is 1. The normalized spacial score (nSPS) is 16.9. The van der Waals surface area contributed by atoms with E-state index in [1.165, 1.54) is 0 Å². The van der Waals surface area contributed by atoms with Crippen LogP contribution in [0, 0.1) is 5.41 Å². The van der Waals surface area contributed by atoms with Crippen LogP contribution >= 0.6 is 0 Å². The lowest BCUT2D eigenvalue weighted by Crippen LogP contribution is -2.73. The Balaban J connectivity index is 1.77. The Hall–Kier alpha value is -3.55. The summed E-state index contributed by atoms with van der Waals surface area (Å²) in [6, 6.07) is 12.7. The van der Waals surface area contributed by atoms with Crippen LogP contribution < -0.4 is 14.8 Å². The summed E-state index contributed by atoms with van der Waals surface area (Å²) < 4.78 is 16.7. The highest BCUT2D eigenvalue weighted by Crippen LogP contribution is 2.46. The van der Waals surface area contributed by atoms with Crippen molar-refractivity contribution in [3.05, 3.63) is 54.1 Å². The lowest BCUT2D eigenvalue weighted by atomic mass is 9.72. The Morgan fingerprint density at radius 1 is 0.971 bits per heavy atom. The van der Waals surface area contributed by atoms with Crippen molar-refractivity contribution in [2.24, 2.45) is 5.41 Å². The molecule has 3 rings (SSSR count). The third-order valence-corrected chi connectivity index (χ3v) is 5.91. The highest BCUT2D eigenvalue weighted by atomic mass is 16.6. The summed E-state index contributed by atoms with van der Waals surface area (Å²) in [5.41, 5.74) is -0.484. The van der Waals surface area contributed by atoms with Crippen LogP contribution in [0.4, 0.5) is 10.5 Å². The number of hydrogen-bond acceptors (Lipinski definition) is 6. The van der Waals surface area contributed by atoms with Gasteiger partial charge >= 0.3 is 12.0 Å². The standard InChI is InChI=1S/C26H32N2O6/c1-7-26(8-2)22(30)28(24(31)27-18-11-15-19(32-6)16-12-18)23(26)33-20-13-9-17(10-14-20)21(29)34-25(3,4)5/h9-16,23H,7-8H2,1-6H3,(H,27,31). The van der Waals surface area contributed by atoms with Gasteiger partial charge in [-0.15, -0.1) is 0 Å². The first kappa shape index (κ1) is 25.1. The number of rotatable bonds is 7. The van der Waals surface area contributed by atoms with Crippen LogP contribution in [-0.2, 0) is 9.53 Å². The van der Waals surface area contributed by atoms with Crippen LogP contribution in [0.3, 0.4) is 0 Å². The molecule has 1 saturated heterocycles. The number of carbonyl (C=O) groups is 3. The SMILES string of the molecule is CCC1(CC)C(=O)N(C(=O)Nc2ccc(OC)cc2)C1Oc1ccc(C(=O)OC(C)(C)C)cc1. The maximum absolute atomic E-state index is 13.1. The number of nitrogens with one attached hydrogen (secondary N) is 1. The van der Waals surface area contributed by atoms with Crippen LogP contribution in [0.15, 0.2) is 48.5 Å².